The third-order valence-corrected chi connectivity index (χ3v) is 3.39. The first-order valence-electron chi connectivity index (χ1n) is 7.89. The smallest absolute Gasteiger partial charge is 0.309 e. The van der Waals surface area contributed by atoms with E-state index in [2.05, 4.69) is 11.1 Å². The fourth-order valence-electron chi connectivity index (χ4n) is 2.35. The van der Waals surface area contributed by atoms with Gasteiger partial charge in [-0.3, -0.25) is 9.78 Å². The van der Waals surface area contributed by atoms with Crippen LogP contribution in [0.3, 0.4) is 0 Å². The number of carbonyl (C=O) groups excluding carboxylic acids is 1. The van der Waals surface area contributed by atoms with E-state index in [1.54, 1.807) is 12.4 Å². The molecule has 4 heteroatoms. The van der Waals surface area contributed by atoms with Crippen LogP contribution >= 0.6 is 0 Å². The summed E-state index contributed by atoms with van der Waals surface area (Å²) >= 11 is 0. The van der Waals surface area contributed by atoms with E-state index in [1.165, 1.54) is 5.56 Å². The highest BCUT2D eigenvalue weighted by molar-refractivity contribution is 5.69. The summed E-state index contributed by atoms with van der Waals surface area (Å²) in [6, 6.07) is 9.96. The van der Waals surface area contributed by atoms with Gasteiger partial charge >= 0.3 is 5.97 Å². The zero-order valence-electron chi connectivity index (χ0n) is 13.7. The molecule has 0 aliphatic carbocycles. The van der Waals surface area contributed by atoms with Crippen LogP contribution in [-0.4, -0.2) is 24.2 Å². The lowest BCUT2D eigenvalue weighted by atomic mass is 10.1. The highest BCUT2D eigenvalue weighted by Gasteiger charge is 2.04. The summed E-state index contributed by atoms with van der Waals surface area (Å²) in [5.74, 6) is 0.581. The summed E-state index contributed by atoms with van der Waals surface area (Å²) in [5, 5.41) is 0. The van der Waals surface area contributed by atoms with E-state index in [0.717, 1.165) is 29.7 Å². The first-order chi connectivity index (χ1) is 11.1. The van der Waals surface area contributed by atoms with E-state index in [-0.39, 0.29) is 12.4 Å². The molecule has 0 saturated carbocycles. The molecule has 0 N–H and O–H groups in total. The Kier molecular flexibility index (Phi) is 6.60. The molecule has 2 rings (SSSR count). The van der Waals surface area contributed by atoms with Crippen LogP contribution in [0.4, 0.5) is 0 Å². The van der Waals surface area contributed by atoms with Crippen LogP contribution in [0.5, 0.6) is 5.75 Å². The molecule has 0 amide bonds. The zero-order valence-corrected chi connectivity index (χ0v) is 13.7. The number of rotatable bonds is 8. The number of pyridine rings is 1. The van der Waals surface area contributed by atoms with Crippen molar-refractivity contribution < 1.29 is 14.3 Å². The second-order valence-electron chi connectivity index (χ2n) is 5.60. The third-order valence-electron chi connectivity index (χ3n) is 3.39. The van der Waals surface area contributed by atoms with Gasteiger partial charge in [-0.05, 0) is 67.6 Å². The molecule has 0 aliphatic rings. The topological polar surface area (TPSA) is 48.4 Å². The minimum absolute atomic E-state index is 0.218. The van der Waals surface area contributed by atoms with E-state index in [9.17, 15) is 4.79 Å². The van der Waals surface area contributed by atoms with Crippen LogP contribution in [-0.2, 0) is 16.0 Å². The number of hydrogen-bond donors (Lipinski definition) is 0. The van der Waals surface area contributed by atoms with Gasteiger partial charge in [-0.25, -0.2) is 0 Å². The maximum absolute atomic E-state index is 11.7. The van der Waals surface area contributed by atoms with E-state index in [0.29, 0.717) is 13.2 Å². The van der Waals surface area contributed by atoms with Gasteiger partial charge in [0.2, 0.25) is 0 Å². The highest BCUT2D eigenvalue weighted by atomic mass is 16.5. The van der Waals surface area contributed by atoms with Crippen molar-refractivity contribution in [2.75, 3.05) is 13.2 Å². The molecule has 1 heterocycles. The molecule has 122 valence electrons. The van der Waals surface area contributed by atoms with Gasteiger partial charge in [0.1, 0.15) is 5.75 Å². The Balaban J connectivity index is 1.60. The van der Waals surface area contributed by atoms with Gasteiger partial charge < -0.3 is 9.47 Å². The molecule has 0 fully saturated rings. The summed E-state index contributed by atoms with van der Waals surface area (Å²) in [5.41, 5.74) is 3.51. The zero-order chi connectivity index (χ0) is 16.5. The molecule has 1 aromatic carbocycles. The number of esters is 1. The fourth-order valence-corrected chi connectivity index (χ4v) is 2.35. The van der Waals surface area contributed by atoms with Gasteiger partial charge in [0, 0.05) is 12.4 Å². The summed E-state index contributed by atoms with van der Waals surface area (Å²) in [6.07, 6.45) is 5.50. The first kappa shape index (κ1) is 17.0. The van der Waals surface area contributed by atoms with Crippen molar-refractivity contribution in [2.45, 2.75) is 33.1 Å². The van der Waals surface area contributed by atoms with Gasteiger partial charge in [-0.2, -0.15) is 0 Å². The average Bonchev–Trinajstić information content (AvgIpc) is 2.52. The number of carbonyl (C=O) groups is 1. The number of aryl methyl sites for hydroxylation is 3. The van der Waals surface area contributed by atoms with Gasteiger partial charge in [0.05, 0.1) is 19.6 Å². The van der Waals surface area contributed by atoms with Crippen LogP contribution in [0.2, 0.25) is 0 Å². The molecule has 0 atom stereocenters. The quantitative estimate of drug-likeness (QED) is 0.551. The van der Waals surface area contributed by atoms with E-state index < -0.39 is 0 Å². The maximum Gasteiger partial charge on any atom is 0.309 e. The Morgan fingerprint density at radius 1 is 1.04 bits per heavy atom. The molecule has 0 aliphatic heterocycles. The molecular weight excluding hydrogens is 290 g/mol. The van der Waals surface area contributed by atoms with Crippen LogP contribution < -0.4 is 4.74 Å². The molecule has 0 bridgehead atoms. The number of aromatic nitrogens is 1. The lowest BCUT2D eigenvalue weighted by molar-refractivity contribution is -0.144. The van der Waals surface area contributed by atoms with Crippen molar-refractivity contribution in [1.29, 1.82) is 0 Å². The largest absolute Gasteiger partial charge is 0.493 e. The Morgan fingerprint density at radius 2 is 1.74 bits per heavy atom. The first-order valence-corrected chi connectivity index (χ1v) is 7.89. The number of hydrogen-bond acceptors (Lipinski definition) is 4. The highest BCUT2D eigenvalue weighted by Crippen LogP contribution is 2.16. The van der Waals surface area contributed by atoms with E-state index in [4.69, 9.17) is 9.47 Å². The molecule has 1 aromatic heterocycles. The SMILES string of the molecule is Cc1cc(C)cc(OCCC(=O)OCCCc2ccncc2)c1. The van der Waals surface area contributed by atoms with Gasteiger partial charge in [-0.1, -0.05) is 6.07 Å². The van der Waals surface area contributed by atoms with Crippen molar-refractivity contribution in [1.82, 2.24) is 4.98 Å². The Bertz CT molecular complexity index is 606. The van der Waals surface area contributed by atoms with Crippen molar-refractivity contribution in [2.24, 2.45) is 0 Å². The van der Waals surface area contributed by atoms with Crippen molar-refractivity contribution in [3.05, 3.63) is 59.4 Å². The minimum Gasteiger partial charge on any atom is -0.493 e. The van der Waals surface area contributed by atoms with Crippen molar-refractivity contribution >= 4 is 5.97 Å². The van der Waals surface area contributed by atoms with Crippen molar-refractivity contribution in [3.63, 3.8) is 0 Å². The molecular formula is C19H23NO3. The summed E-state index contributed by atoms with van der Waals surface area (Å²) in [4.78, 5) is 15.6. The molecule has 4 nitrogen and oxygen atoms in total. The van der Waals surface area contributed by atoms with Crippen molar-refractivity contribution in [3.8, 4) is 5.75 Å². The molecule has 2 aromatic rings. The van der Waals surface area contributed by atoms with Gasteiger partial charge in [0.15, 0.2) is 0 Å². The molecule has 0 spiro atoms. The van der Waals surface area contributed by atoms with E-state index in [1.807, 2.05) is 38.1 Å². The molecule has 23 heavy (non-hydrogen) atoms. The number of benzene rings is 1. The van der Waals surface area contributed by atoms with Crippen LogP contribution in [0.1, 0.15) is 29.5 Å². The summed E-state index contributed by atoms with van der Waals surface area (Å²) < 4.78 is 10.8. The van der Waals surface area contributed by atoms with Gasteiger partial charge in [-0.15, -0.1) is 0 Å². The Morgan fingerprint density at radius 3 is 2.43 bits per heavy atom. The van der Waals surface area contributed by atoms with Crippen LogP contribution in [0.15, 0.2) is 42.7 Å². The Labute approximate surface area is 137 Å². The normalized spacial score (nSPS) is 10.3. The summed E-state index contributed by atoms with van der Waals surface area (Å²) in [6.45, 7) is 4.82. The Hall–Kier alpha value is -2.36. The van der Waals surface area contributed by atoms with Crippen LogP contribution in [0.25, 0.3) is 0 Å². The average molecular weight is 313 g/mol. The second-order valence-corrected chi connectivity index (χ2v) is 5.60. The molecule has 0 saturated heterocycles. The van der Waals surface area contributed by atoms with Crippen LogP contribution in [0, 0.1) is 13.8 Å². The maximum atomic E-state index is 11.7. The van der Waals surface area contributed by atoms with Gasteiger partial charge in [0.25, 0.3) is 0 Å². The number of nitrogens with zero attached hydrogens (tertiary/aromatic N) is 1. The molecule has 0 unspecified atom stereocenters. The minimum atomic E-state index is -0.218. The predicted octanol–water partition coefficient (Wildman–Crippen LogP) is 3.64. The third kappa shape index (κ3) is 6.51. The fraction of sp³-hybridized carbons (Fsp3) is 0.368. The lowest BCUT2D eigenvalue weighted by Gasteiger charge is -2.08. The lowest BCUT2D eigenvalue weighted by Crippen LogP contribution is -2.11. The second kappa shape index (κ2) is 8.93. The summed E-state index contributed by atoms with van der Waals surface area (Å²) in [7, 11) is 0. The standard InChI is InChI=1S/C19H23NO3/c1-15-12-16(2)14-18(13-15)22-11-7-19(21)23-10-3-4-17-5-8-20-9-6-17/h5-6,8-9,12-14H,3-4,7,10-11H2,1-2H3. The van der Waals surface area contributed by atoms with E-state index >= 15 is 0 Å². The molecule has 0 radical (unpaired) electrons. The number of ether oxygens (including phenoxy) is 2. The monoisotopic (exact) mass is 313 g/mol. The predicted molar refractivity (Wildman–Crippen MR) is 89.5 cm³/mol.